The van der Waals surface area contributed by atoms with Crippen molar-refractivity contribution in [3.63, 3.8) is 0 Å². The number of carbonyl (C=O) groups excluding carboxylic acids is 2. The van der Waals surface area contributed by atoms with Crippen molar-refractivity contribution < 1.29 is 27.5 Å². The number of amides is 2. The molecule has 0 saturated heterocycles. The van der Waals surface area contributed by atoms with Crippen LogP contribution in [0.2, 0.25) is 0 Å². The Kier molecular flexibility index (Phi) is 11.4. The molecule has 0 fully saturated rings. The predicted molar refractivity (Wildman–Crippen MR) is 164 cm³/mol. The van der Waals surface area contributed by atoms with E-state index in [2.05, 4.69) is 5.32 Å². The molecule has 42 heavy (non-hydrogen) atoms. The van der Waals surface area contributed by atoms with Crippen LogP contribution >= 0.6 is 0 Å². The molecule has 9 nitrogen and oxygen atoms in total. The first-order valence-electron chi connectivity index (χ1n) is 13.9. The normalized spacial score (nSPS) is 12.0. The van der Waals surface area contributed by atoms with Crippen molar-refractivity contribution in [2.45, 2.75) is 51.6 Å². The predicted octanol–water partition coefficient (Wildman–Crippen LogP) is 4.79. The average Bonchev–Trinajstić information content (AvgIpc) is 2.99. The molecule has 3 rings (SSSR count). The number of aryl methyl sites for hydroxylation is 1. The Balaban J connectivity index is 2.08. The summed E-state index contributed by atoms with van der Waals surface area (Å²) in [5, 5.41) is 2.94. The van der Waals surface area contributed by atoms with E-state index < -0.39 is 28.5 Å². The summed E-state index contributed by atoms with van der Waals surface area (Å²) in [5.41, 5.74) is 2.09. The van der Waals surface area contributed by atoms with Crippen LogP contribution in [0.1, 0.15) is 38.3 Å². The Morgan fingerprint density at radius 1 is 0.905 bits per heavy atom. The lowest BCUT2D eigenvalue weighted by molar-refractivity contribution is -0.140. The molecule has 0 aliphatic heterocycles. The van der Waals surface area contributed by atoms with Crippen LogP contribution in [0, 0.1) is 12.8 Å². The van der Waals surface area contributed by atoms with Crippen molar-refractivity contribution in [2.75, 3.05) is 31.6 Å². The van der Waals surface area contributed by atoms with E-state index in [1.54, 1.807) is 36.4 Å². The molecule has 1 N–H and O–H groups in total. The molecule has 0 unspecified atom stereocenters. The van der Waals surface area contributed by atoms with Gasteiger partial charge in [0, 0.05) is 13.1 Å². The number of anilines is 1. The van der Waals surface area contributed by atoms with Crippen LogP contribution < -0.4 is 19.1 Å². The monoisotopic (exact) mass is 595 g/mol. The fourth-order valence-corrected chi connectivity index (χ4v) is 5.88. The minimum atomic E-state index is -4.24. The van der Waals surface area contributed by atoms with Gasteiger partial charge in [-0.05, 0) is 61.2 Å². The minimum absolute atomic E-state index is 0.0196. The van der Waals surface area contributed by atoms with Crippen molar-refractivity contribution in [1.29, 1.82) is 0 Å². The lowest BCUT2D eigenvalue weighted by Crippen LogP contribution is -2.52. The van der Waals surface area contributed by atoms with Gasteiger partial charge in [0.15, 0.2) is 0 Å². The molecule has 0 saturated carbocycles. The SMILES string of the molecule is CC[C@H](C(=O)NCC(C)C)N(Cc1ccc(C)cc1)C(=O)CN(c1ccccc1OC)S(=O)(=O)c1ccc(OC)cc1. The smallest absolute Gasteiger partial charge is 0.264 e. The molecule has 2 amide bonds. The molecule has 10 heteroatoms. The number of para-hydroxylation sites is 2. The molecule has 0 spiro atoms. The van der Waals surface area contributed by atoms with Crippen LogP contribution in [-0.2, 0) is 26.2 Å². The van der Waals surface area contributed by atoms with Gasteiger partial charge in [0.25, 0.3) is 10.0 Å². The lowest BCUT2D eigenvalue weighted by Gasteiger charge is -2.33. The van der Waals surface area contributed by atoms with Gasteiger partial charge in [0.05, 0.1) is 24.8 Å². The molecular weight excluding hydrogens is 554 g/mol. The highest BCUT2D eigenvalue weighted by Crippen LogP contribution is 2.33. The molecular formula is C32H41N3O6S. The van der Waals surface area contributed by atoms with Gasteiger partial charge in [-0.2, -0.15) is 0 Å². The van der Waals surface area contributed by atoms with E-state index in [-0.39, 0.29) is 34.7 Å². The fourth-order valence-electron chi connectivity index (χ4n) is 4.46. The molecule has 1 atom stereocenters. The van der Waals surface area contributed by atoms with Gasteiger partial charge in [-0.25, -0.2) is 8.42 Å². The number of benzene rings is 3. The zero-order chi connectivity index (χ0) is 30.9. The van der Waals surface area contributed by atoms with Crippen LogP contribution in [0.5, 0.6) is 11.5 Å². The van der Waals surface area contributed by atoms with Gasteiger partial charge in [-0.15, -0.1) is 0 Å². The van der Waals surface area contributed by atoms with Crippen LogP contribution in [0.4, 0.5) is 5.69 Å². The number of ether oxygens (including phenoxy) is 2. The van der Waals surface area contributed by atoms with Crippen LogP contribution in [0.25, 0.3) is 0 Å². The van der Waals surface area contributed by atoms with Crippen LogP contribution in [-0.4, -0.2) is 58.5 Å². The molecule has 0 bridgehead atoms. The summed E-state index contributed by atoms with van der Waals surface area (Å²) < 4.78 is 39.9. The Morgan fingerprint density at radius 2 is 1.55 bits per heavy atom. The number of hydrogen-bond donors (Lipinski definition) is 1. The van der Waals surface area contributed by atoms with Crippen LogP contribution in [0.3, 0.4) is 0 Å². The van der Waals surface area contributed by atoms with Crippen molar-refractivity contribution in [1.82, 2.24) is 10.2 Å². The van der Waals surface area contributed by atoms with E-state index in [9.17, 15) is 18.0 Å². The Hall–Kier alpha value is -4.05. The van der Waals surface area contributed by atoms with Crippen molar-refractivity contribution >= 4 is 27.5 Å². The zero-order valence-electron chi connectivity index (χ0n) is 25.2. The summed E-state index contributed by atoms with van der Waals surface area (Å²) in [6, 6.07) is 19.4. The Bertz CT molecular complexity index is 1440. The molecule has 0 aromatic heterocycles. The van der Waals surface area contributed by atoms with E-state index in [4.69, 9.17) is 9.47 Å². The van der Waals surface area contributed by atoms with Gasteiger partial charge >= 0.3 is 0 Å². The summed E-state index contributed by atoms with van der Waals surface area (Å²) in [7, 11) is -1.31. The van der Waals surface area contributed by atoms with Gasteiger partial charge in [-0.1, -0.05) is 62.7 Å². The van der Waals surface area contributed by atoms with Crippen LogP contribution in [0.15, 0.2) is 77.7 Å². The molecule has 226 valence electrons. The first-order valence-corrected chi connectivity index (χ1v) is 15.4. The number of nitrogens with zero attached hydrogens (tertiary/aromatic N) is 2. The third-order valence-electron chi connectivity index (χ3n) is 6.82. The summed E-state index contributed by atoms with van der Waals surface area (Å²) in [6.07, 6.45) is 0.349. The molecule has 3 aromatic rings. The third-order valence-corrected chi connectivity index (χ3v) is 8.60. The van der Waals surface area contributed by atoms with Crippen molar-refractivity contribution in [3.8, 4) is 11.5 Å². The maximum Gasteiger partial charge on any atom is 0.264 e. The summed E-state index contributed by atoms with van der Waals surface area (Å²) in [5.74, 6) is 0.201. The molecule has 0 aliphatic rings. The maximum atomic E-state index is 14.2. The summed E-state index contributed by atoms with van der Waals surface area (Å²) >= 11 is 0. The first-order chi connectivity index (χ1) is 20.0. The number of rotatable bonds is 14. The number of hydrogen-bond acceptors (Lipinski definition) is 6. The number of carbonyl (C=O) groups is 2. The van der Waals surface area contributed by atoms with Gasteiger partial charge < -0.3 is 19.7 Å². The summed E-state index contributed by atoms with van der Waals surface area (Å²) in [4.78, 5) is 29.0. The van der Waals surface area contributed by atoms with E-state index in [1.165, 1.54) is 31.3 Å². The maximum absolute atomic E-state index is 14.2. The zero-order valence-corrected chi connectivity index (χ0v) is 26.0. The lowest BCUT2D eigenvalue weighted by atomic mass is 10.1. The molecule has 0 radical (unpaired) electrons. The highest BCUT2D eigenvalue weighted by molar-refractivity contribution is 7.92. The number of sulfonamides is 1. The highest BCUT2D eigenvalue weighted by Gasteiger charge is 2.34. The standard InChI is InChI=1S/C32H41N3O6S/c1-7-28(32(37)33-20-23(2)3)34(21-25-14-12-24(4)13-15-25)31(36)22-35(29-10-8-9-11-30(29)41-6)42(38,39)27-18-16-26(40-5)17-19-27/h8-19,23,28H,7,20-22H2,1-6H3,(H,33,37)/t28-/m1/s1. The van der Waals surface area contributed by atoms with Gasteiger partial charge in [0.2, 0.25) is 11.8 Å². The van der Waals surface area contributed by atoms with E-state index >= 15 is 0 Å². The number of nitrogens with one attached hydrogen (secondary N) is 1. The Morgan fingerprint density at radius 3 is 2.12 bits per heavy atom. The quantitative estimate of drug-likeness (QED) is 0.288. The van der Waals surface area contributed by atoms with Gasteiger partial charge in [0.1, 0.15) is 24.1 Å². The Labute approximate surface area is 249 Å². The van der Waals surface area contributed by atoms with Crippen molar-refractivity contribution in [2.24, 2.45) is 5.92 Å². The topological polar surface area (TPSA) is 105 Å². The number of methoxy groups -OCH3 is 2. The third kappa shape index (κ3) is 8.03. The van der Waals surface area contributed by atoms with E-state index in [0.717, 1.165) is 15.4 Å². The second kappa shape index (κ2) is 14.7. The second-order valence-corrected chi connectivity index (χ2v) is 12.3. The van der Waals surface area contributed by atoms with Crippen molar-refractivity contribution in [3.05, 3.63) is 83.9 Å². The van der Waals surface area contributed by atoms with E-state index in [0.29, 0.717) is 18.7 Å². The minimum Gasteiger partial charge on any atom is -0.497 e. The first kappa shape index (κ1) is 32.5. The van der Waals surface area contributed by atoms with Gasteiger partial charge in [-0.3, -0.25) is 13.9 Å². The summed E-state index contributed by atoms with van der Waals surface area (Å²) in [6.45, 7) is 7.83. The van der Waals surface area contributed by atoms with E-state index in [1.807, 2.05) is 52.0 Å². The fraction of sp³-hybridized carbons (Fsp3) is 0.375. The highest BCUT2D eigenvalue weighted by atomic mass is 32.2. The second-order valence-electron chi connectivity index (χ2n) is 10.4. The largest absolute Gasteiger partial charge is 0.497 e. The molecule has 0 aliphatic carbocycles. The average molecular weight is 596 g/mol. The molecule has 0 heterocycles. The molecule has 3 aromatic carbocycles.